The number of ether oxygens (including phenoxy) is 1. The van der Waals surface area contributed by atoms with E-state index in [0.29, 0.717) is 18.0 Å². The summed E-state index contributed by atoms with van der Waals surface area (Å²) in [6, 6.07) is 7.55. The lowest BCUT2D eigenvalue weighted by atomic mass is 10.2. The van der Waals surface area contributed by atoms with Gasteiger partial charge in [0.1, 0.15) is 5.76 Å². The molecule has 1 atom stereocenters. The molecule has 0 fully saturated rings. The molecule has 0 saturated carbocycles. The molecule has 20 heavy (non-hydrogen) atoms. The molecule has 6 heteroatoms. The van der Waals surface area contributed by atoms with Gasteiger partial charge < -0.3 is 14.6 Å². The lowest BCUT2D eigenvalue weighted by Gasteiger charge is -2.16. The molecule has 1 aromatic carbocycles. The number of rotatable bonds is 5. The summed E-state index contributed by atoms with van der Waals surface area (Å²) in [5.74, 6) is 0.0392. The summed E-state index contributed by atoms with van der Waals surface area (Å²) in [5.41, 5.74) is 0. The first-order chi connectivity index (χ1) is 9.60. The minimum absolute atomic E-state index is 0.0471. The van der Waals surface area contributed by atoms with E-state index in [-0.39, 0.29) is 5.75 Å². The van der Waals surface area contributed by atoms with Crippen molar-refractivity contribution < 1.29 is 18.4 Å². The number of para-hydroxylation sites is 1. The number of benzene rings is 1. The Hall–Kier alpha value is -2.37. The third-order valence-electron chi connectivity index (χ3n) is 2.65. The van der Waals surface area contributed by atoms with E-state index >= 15 is 0 Å². The van der Waals surface area contributed by atoms with Crippen molar-refractivity contribution in [2.75, 3.05) is 5.32 Å². The largest absolute Gasteiger partial charge is 0.478 e. The SMILES string of the molecule is CC[C@H](Oc1ccccc1F)C(=O)Nc1cc(C)on1. The van der Waals surface area contributed by atoms with Crippen LogP contribution in [0.1, 0.15) is 19.1 Å². The number of carbonyl (C=O) groups is 1. The molecule has 0 saturated heterocycles. The lowest BCUT2D eigenvalue weighted by molar-refractivity contribution is -0.122. The van der Waals surface area contributed by atoms with Crippen molar-refractivity contribution in [1.82, 2.24) is 5.16 Å². The molecule has 1 amide bonds. The highest BCUT2D eigenvalue weighted by Crippen LogP contribution is 2.19. The second-order valence-corrected chi connectivity index (χ2v) is 4.26. The summed E-state index contributed by atoms with van der Waals surface area (Å²) in [4.78, 5) is 12.0. The van der Waals surface area contributed by atoms with Crippen LogP contribution < -0.4 is 10.1 Å². The van der Waals surface area contributed by atoms with Gasteiger partial charge in [0.15, 0.2) is 23.5 Å². The number of carbonyl (C=O) groups excluding carboxylic acids is 1. The Bertz CT molecular complexity index is 598. The molecule has 0 radical (unpaired) electrons. The summed E-state index contributed by atoms with van der Waals surface area (Å²) in [7, 11) is 0. The molecule has 0 aliphatic rings. The number of nitrogens with zero attached hydrogens (tertiary/aromatic N) is 1. The molecule has 1 heterocycles. The third kappa shape index (κ3) is 3.34. The molecule has 2 rings (SSSR count). The summed E-state index contributed by atoms with van der Waals surface area (Å²) < 4.78 is 23.7. The highest BCUT2D eigenvalue weighted by molar-refractivity contribution is 5.93. The first-order valence-corrected chi connectivity index (χ1v) is 6.25. The maximum atomic E-state index is 13.5. The topological polar surface area (TPSA) is 64.4 Å². The van der Waals surface area contributed by atoms with Crippen LogP contribution in [-0.4, -0.2) is 17.2 Å². The molecular formula is C14H15FN2O3. The number of halogens is 1. The number of aryl methyl sites for hydroxylation is 1. The van der Waals surface area contributed by atoms with E-state index in [2.05, 4.69) is 10.5 Å². The average molecular weight is 278 g/mol. The van der Waals surface area contributed by atoms with Gasteiger partial charge in [-0.05, 0) is 25.5 Å². The molecule has 1 aromatic heterocycles. The van der Waals surface area contributed by atoms with Gasteiger partial charge in [-0.3, -0.25) is 4.79 Å². The van der Waals surface area contributed by atoms with Crippen molar-refractivity contribution in [2.24, 2.45) is 0 Å². The monoisotopic (exact) mass is 278 g/mol. The molecule has 106 valence electrons. The van der Waals surface area contributed by atoms with E-state index in [1.165, 1.54) is 12.1 Å². The van der Waals surface area contributed by atoms with Gasteiger partial charge in [0.25, 0.3) is 5.91 Å². The van der Waals surface area contributed by atoms with E-state index in [1.807, 2.05) is 0 Å². The van der Waals surface area contributed by atoms with Crippen molar-refractivity contribution in [3.63, 3.8) is 0 Å². The molecule has 0 spiro atoms. The molecule has 5 nitrogen and oxygen atoms in total. The fourth-order valence-electron chi connectivity index (χ4n) is 1.65. The van der Waals surface area contributed by atoms with Crippen LogP contribution in [0.15, 0.2) is 34.9 Å². The molecular weight excluding hydrogens is 263 g/mol. The van der Waals surface area contributed by atoms with E-state index in [0.717, 1.165) is 0 Å². The zero-order valence-corrected chi connectivity index (χ0v) is 11.2. The van der Waals surface area contributed by atoms with Gasteiger partial charge in [0.2, 0.25) is 0 Å². The van der Waals surface area contributed by atoms with Crippen LogP contribution >= 0.6 is 0 Å². The maximum absolute atomic E-state index is 13.5. The quantitative estimate of drug-likeness (QED) is 0.913. The Morgan fingerprint density at radius 3 is 2.85 bits per heavy atom. The fourth-order valence-corrected chi connectivity index (χ4v) is 1.65. The van der Waals surface area contributed by atoms with Gasteiger partial charge in [0.05, 0.1) is 0 Å². The van der Waals surface area contributed by atoms with Crippen LogP contribution in [0.2, 0.25) is 0 Å². The smallest absolute Gasteiger partial charge is 0.266 e. The molecule has 1 N–H and O–H groups in total. The molecule has 0 aliphatic heterocycles. The minimum atomic E-state index is -0.802. The molecule has 0 aliphatic carbocycles. The summed E-state index contributed by atoms with van der Waals surface area (Å²) in [6.07, 6.45) is -0.402. The second-order valence-electron chi connectivity index (χ2n) is 4.26. The second kappa shape index (κ2) is 6.18. The summed E-state index contributed by atoms with van der Waals surface area (Å²) in [5, 5.41) is 6.22. The van der Waals surface area contributed by atoms with Gasteiger partial charge in [-0.2, -0.15) is 0 Å². The van der Waals surface area contributed by atoms with Crippen molar-refractivity contribution in [1.29, 1.82) is 0 Å². The fraction of sp³-hybridized carbons (Fsp3) is 0.286. The van der Waals surface area contributed by atoms with Crippen molar-refractivity contribution >= 4 is 11.7 Å². The number of aromatic nitrogens is 1. The predicted octanol–water partition coefficient (Wildman–Crippen LogP) is 2.92. The highest BCUT2D eigenvalue weighted by atomic mass is 19.1. The predicted molar refractivity (Wildman–Crippen MR) is 71.0 cm³/mol. The number of nitrogens with one attached hydrogen (secondary N) is 1. The lowest BCUT2D eigenvalue weighted by Crippen LogP contribution is -2.32. The number of hydrogen-bond donors (Lipinski definition) is 1. The van der Waals surface area contributed by atoms with Crippen LogP contribution in [0.25, 0.3) is 0 Å². The van der Waals surface area contributed by atoms with Crippen LogP contribution in [0.5, 0.6) is 5.75 Å². The van der Waals surface area contributed by atoms with Crippen LogP contribution in [0.4, 0.5) is 10.2 Å². The summed E-state index contributed by atoms with van der Waals surface area (Å²) >= 11 is 0. The minimum Gasteiger partial charge on any atom is -0.478 e. The van der Waals surface area contributed by atoms with Crippen LogP contribution in [0.3, 0.4) is 0 Å². The molecule has 0 bridgehead atoms. The Kier molecular flexibility index (Phi) is 4.34. The van der Waals surface area contributed by atoms with Crippen LogP contribution in [0, 0.1) is 12.7 Å². The van der Waals surface area contributed by atoms with Gasteiger partial charge in [-0.25, -0.2) is 4.39 Å². The molecule has 2 aromatic rings. The maximum Gasteiger partial charge on any atom is 0.266 e. The zero-order chi connectivity index (χ0) is 14.5. The highest BCUT2D eigenvalue weighted by Gasteiger charge is 2.20. The van der Waals surface area contributed by atoms with E-state index in [4.69, 9.17) is 9.26 Å². The Morgan fingerprint density at radius 2 is 2.25 bits per heavy atom. The van der Waals surface area contributed by atoms with Crippen molar-refractivity contribution in [3.05, 3.63) is 41.9 Å². The Balaban J connectivity index is 2.04. The third-order valence-corrected chi connectivity index (χ3v) is 2.65. The number of amides is 1. The Morgan fingerprint density at radius 1 is 1.50 bits per heavy atom. The van der Waals surface area contributed by atoms with Gasteiger partial charge in [0, 0.05) is 6.07 Å². The molecule has 0 unspecified atom stereocenters. The normalized spacial score (nSPS) is 11.9. The van der Waals surface area contributed by atoms with E-state index in [9.17, 15) is 9.18 Å². The Labute approximate surface area is 115 Å². The first-order valence-electron chi connectivity index (χ1n) is 6.25. The van der Waals surface area contributed by atoms with Gasteiger partial charge >= 0.3 is 0 Å². The number of anilines is 1. The first kappa shape index (κ1) is 14.0. The van der Waals surface area contributed by atoms with Crippen molar-refractivity contribution in [3.8, 4) is 5.75 Å². The van der Waals surface area contributed by atoms with Crippen LogP contribution in [-0.2, 0) is 4.79 Å². The average Bonchev–Trinajstić information content (AvgIpc) is 2.83. The van der Waals surface area contributed by atoms with Crippen molar-refractivity contribution in [2.45, 2.75) is 26.4 Å². The van der Waals surface area contributed by atoms with Gasteiger partial charge in [-0.1, -0.05) is 24.2 Å². The standard InChI is InChI=1S/C14H15FN2O3/c1-3-11(19-12-7-5-4-6-10(12)15)14(18)16-13-8-9(2)20-17-13/h4-8,11H,3H2,1-2H3,(H,16,17,18)/t11-/m0/s1. The van der Waals surface area contributed by atoms with Gasteiger partial charge in [-0.15, -0.1) is 0 Å². The number of hydrogen-bond acceptors (Lipinski definition) is 4. The van der Waals surface area contributed by atoms with E-state index in [1.54, 1.807) is 32.0 Å². The van der Waals surface area contributed by atoms with E-state index < -0.39 is 17.8 Å². The zero-order valence-electron chi connectivity index (χ0n) is 11.2. The summed E-state index contributed by atoms with van der Waals surface area (Å²) in [6.45, 7) is 3.49.